The van der Waals surface area contributed by atoms with Gasteiger partial charge in [0.2, 0.25) is 0 Å². The van der Waals surface area contributed by atoms with Crippen molar-refractivity contribution in [1.29, 1.82) is 5.26 Å². The molecule has 1 amide bonds. The van der Waals surface area contributed by atoms with Crippen molar-refractivity contribution >= 4 is 33.6 Å². The smallest absolute Gasteiger partial charge is 0.266 e. The molecule has 0 radical (unpaired) electrons. The number of benzene rings is 2. The van der Waals surface area contributed by atoms with E-state index in [0.717, 1.165) is 12.1 Å². The Labute approximate surface area is 134 Å². The highest BCUT2D eigenvalue weighted by molar-refractivity contribution is 9.10. The Bertz CT molecular complexity index is 797. The lowest BCUT2D eigenvalue weighted by atomic mass is 10.1. The first-order valence-corrected chi connectivity index (χ1v) is 6.93. The van der Waals surface area contributed by atoms with Crippen LogP contribution in [0.1, 0.15) is 5.56 Å². The summed E-state index contributed by atoms with van der Waals surface area (Å²) in [5.41, 5.74) is 0.240. The van der Waals surface area contributed by atoms with Crippen LogP contribution < -0.4 is 5.32 Å². The van der Waals surface area contributed by atoms with E-state index < -0.39 is 17.5 Å². The molecule has 0 saturated heterocycles. The highest BCUT2D eigenvalue weighted by atomic mass is 79.9. The zero-order chi connectivity index (χ0) is 16.1. The van der Waals surface area contributed by atoms with Gasteiger partial charge in [0, 0.05) is 10.5 Å². The topological polar surface area (TPSA) is 52.9 Å². The number of nitrogens with one attached hydrogen (secondary N) is 1. The maximum atomic E-state index is 13.5. The first-order valence-electron chi connectivity index (χ1n) is 6.14. The normalized spacial score (nSPS) is 10.9. The van der Waals surface area contributed by atoms with E-state index in [9.17, 15) is 13.6 Å². The maximum absolute atomic E-state index is 13.5. The van der Waals surface area contributed by atoms with E-state index in [2.05, 4.69) is 21.2 Å². The predicted octanol–water partition coefficient (Wildman–Crippen LogP) is 4.27. The summed E-state index contributed by atoms with van der Waals surface area (Å²) < 4.78 is 27.0. The van der Waals surface area contributed by atoms with Crippen LogP contribution in [0.25, 0.3) is 6.08 Å². The lowest BCUT2D eigenvalue weighted by molar-refractivity contribution is -0.112. The Hall–Kier alpha value is -2.52. The molecule has 0 fully saturated rings. The van der Waals surface area contributed by atoms with Gasteiger partial charge in [0.05, 0.1) is 5.69 Å². The average Bonchev–Trinajstić information content (AvgIpc) is 2.49. The van der Waals surface area contributed by atoms with Crippen molar-refractivity contribution in [3.8, 4) is 6.07 Å². The van der Waals surface area contributed by atoms with E-state index in [1.165, 1.54) is 6.08 Å². The van der Waals surface area contributed by atoms with Gasteiger partial charge in [-0.05, 0) is 29.8 Å². The zero-order valence-corrected chi connectivity index (χ0v) is 12.7. The van der Waals surface area contributed by atoms with Crippen molar-refractivity contribution < 1.29 is 13.6 Å². The van der Waals surface area contributed by atoms with E-state index in [-0.39, 0.29) is 11.3 Å². The van der Waals surface area contributed by atoms with E-state index in [1.807, 2.05) is 0 Å². The number of anilines is 1. The molecule has 3 nitrogen and oxygen atoms in total. The first-order chi connectivity index (χ1) is 10.5. The van der Waals surface area contributed by atoms with E-state index in [1.54, 1.807) is 30.3 Å². The van der Waals surface area contributed by atoms with Crippen molar-refractivity contribution in [1.82, 2.24) is 0 Å². The highest BCUT2D eigenvalue weighted by Gasteiger charge is 2.13. The van der Waals surface area contributed by atoms with Gasteiger partial charge in [-0.15, -0.1) is 0 Å². The Kier molecular flexibility index (Phi) is 5.02. The standard InChI is InChI=1S/C16H9BrF2N2O/c17-13-4-2-1-3-10(13)7-11(9-20)16(22)21-15-6-5-12(18)8-14(15)19/h1-8H,(H,21,22)/b11-7+. The van der Waals surface area contributed by atoms with Crippen LogP contribution in [0.5, 0.6) is 0 Å². The minimum Gasteiger partial charge on any atom is -0.319 e. The van der Waals surface area contributed by atoms with Crippen molar-refractivity contribution in [3.05, 3.63) is 69.7 Å². The Morgan fingerprint density at radius 2 is 1.95 bits per heavy atom. The number of nitrogens with zero attached hydrogens (tertiary/aromatic N) is 1. The minimum absolute atomic E-state index is 0.195. The molecule has 0 heterocycles. The summed E-state index contributed by atoms with van der Waals surface area (Å²) in [6.45, 7) is 0. The summed E-state index contributed by atoms with van der Waals surface area (Å²) in [4.78, 5) is 12.0. The lowest BCUT2D eigenvalue weighted by Crippen LogP contribution is -2.14. The monoisotopic (exact) mass is 362 g/mol. The summed E-state index contributed by atoms with van der Waals surface area (Å²) >= 11 is 3.30. The van der Waals surface area contributed by atoms with Gasteiger partial charge in [-0.2, -0.15) is 5.26 Å². The van der Waals surface area contributed by atoms with Crippen LogP contribution in [0.2, 0.25) is 0 Å². The number of amides is 1. The molecule has 110 valence electrons. The maximum Gasteiger partial charge on any atom is 0.266 e. The van der Waals surface area contributed by atoms with E-state index in [0.29, 0.717) is 16.1 Å². The quantitative estimate of drug-likeness (QED) is 0.654. The van der Waals surface area contributed by atoms with Crippen LogP contribution in [0.3, 0.4) is 0 Å². The summed E-state index contributed by atoms with van der Waals surface area (Å²) in [6, 6.07) is 11.5. The molecule has 0 aliphatic heterocycles. The first kappa shape index (κ1) is 15.9. The van der Waals surface area contributed by atoms with Crippen molar-refractivity contribution in [2.75, 3.05) is 5.32 Å². The number of carbonyl (C=O) groups excluding carboxylic acids is 1. The second-order valence-corrected chi connectivity index (χ2v) is 5.12. The summed E-state index contributed by atoms with van der Waals surface area (Å²) in [5.74, 6) is -2.44. The molecule has 22 heavy (non-hydrogen) atoms. The number of hydrogen-bond donors (Lipinski definition) is 1. The molecule has 2 aromatic carbocycles. The Balaban J connectivity index is 2.27. The number of hydrogen-bond acceptors (Lipinski definition) is 2. The molecule has 0 aromatic heterocycles. The van der Waals surface area contributed by atoms with Gasteiger partial charge in [0.25, 0.3) is 5.91 Å². The van der Waals surface area contributed by atoms with Crippen LogP contribution >= 0.6 is 15.9 Å². The molecule has 2 rings (SSSR count). The molecule has 0 bridgehead atoms. The van der Waals surface area contributed by atoms with Crippen molar-refractivity contribution in [3.63, 3.8) is 0 Å². The van der Waals surface area contributed by atoms with Gasteiger partial charge >= 0.3 is 0 Å². The number of rotatable bonds is 3. The average molecular weight is 363 g/mol. The fourth-order valence-corrected chi connectivity index (χ4v) is 2.08. The third-order valence-corrected chi connectivity index (χ3v) is 3.47. The number of halogens is 3. The largest absolute Gasteiger partial charge is 0.319 e. The van der Waals surface area contributed by atoms with E-state index in [4.69, 9.17) is 5.26 Å². The fourth-order valence-electron chi connectivity index (χ4n) is 1.68. The Morgan fingerprint density at radius 1 is 1.23 bits per heavy atom. The second-order valence-electron chi connectivity index (χ2n) is 4.27. The molecule has 0 unspecified atom stereocenters. The summed E-state index contributed by atoms with van der Waals surface area (Å²) in [6.07, 6.45) is 1.38. The molecule has 0 aliphatic rings. The molecule has 0 saturated carbocycles. The second kappa shape index (κ2) is 6.96. The number of carbonyl (C=O) groups is 1. The fraction of sp³-hybridized carbons (Fsp3) is 0. The molecular formula is C16H9BrF2N2O. The van der Waals surface area contributed by atoms with Crippen LogP contribution in [0.15, 0.2) is 52.5 Å². The van der Waals surface area contributed by atoms with Gasteiger partial charge in [0.1, 0.15) is 23.3 Å². The number of nitriles is 1. The predicted molar refractivity (Wildman–Crippen MR) is 82.7 cm³/mol. The summed E-state index contributed by atoms with van der Waals surface area (Å²) in [7, 11) is 0. The zero-order valence-electron chi connectivity index (χ0n) is 11.1. The van der Waals surface area contributed by atoms with Crippen LogP contribution in [0, 0.1) is 23.0 Å². The van der Waals surface area contributed by atoms with Crippen LogP contribution in [-0.4, -0.2) is 5.91 Å². The molecule has 1 N–H and O–H groups in total. The molecule has 0 aliphatic carbocycles. The highest BCUT2D eigenvalue weighted by Crippen LogP contribution is 2.20. The third-order valence-electron chi connectivity index (χ3n) is 2.75. The van der Waals surface area contributed by atoms with Gasteiger partial charge in [-0.25, -0.2) is 8.78 Å². The van der Waals surface area contributed by atoms with Gasteiger partial charge < -0.3 is 5.32 Å². The molecule has 2 aromatic rings. The van der Waals surface area contributed by atoms with Gasteiger partial charge in [0.15, 0.2) is 0 Å². The summed E-state index contributed by atoms with van der Waals surface area (Å²) in [5, 5.41) is 11.3. The van der Waals surface area contributed by atoms with Crippen LogP contribution in [0.4, 0.5) is 14.5 Å². The van der Waals surface area contributed by atoms with E-state index >= 15 is 0 Å². The Morgan fingerprint density at radius 3 is 2.59 bits per heavy atom. The SMILES string of the molecule is N#C/C(=C\c1ccccc1Br)C(=O)Nc1ccc(F)cc1F. The molecule has 0 spiro atoms. The van der Waals surface area contributed by atoms with Crippen LogP contribution in [-0.2, 0) is 4.79 Å². The van der Waals surface area contributed by atoms with Gasteiger partial charge in [-0.1, -0.05) is 34.1 Å². The van der Waals surface area contributed by atoms with Crippen molar-refractivity contribution in [2.24, 2.45) is 0 Å². The molecule has 6 heteroatoms. The minimum atomic E-state index is -0.911. The van der Waals surface area contributed by atoms with Crippen molar-refractivity contribution in [2.45, 2.75) is 0 Å². The van der Waals surface area contributed by atoms with Gasteiger partial charge in [-0.3, -0.25) is 4.79 Å². The lowest BCUT2D eigenvalue weighted by Gasteiger charge is -2.06. The molecular weight excluding hydrogens is 354 g/mol. The molecule has 0 atom stereocenters. The third kappa shape index (κ3) is 3.77.